The van der Waals surface area contributed by atoms with Crippen molar-refractivity contribution in [3.63, 3.8) is 0 Å². The van der Waals surface area contributed by atoms with Crippen LogP contribution in [0.5, 0.6) is 0 Å². The monoisotopic (exact) mass is 391 g/mol. The second kappa shape index (κ2) is 7.43. The second-order valence-corrected chi connectivity index (χ2v) is 8.65. The molecule has 1 amide bonds. The molecule has 0 atom stereocenters. The van der Waals surface area contributed by atoms with Crippen LogP contribution in [0.15, 0.2) is 48.7 Å². The molecule has 0 bridgehead atoms. The van der Waals surface area contributed by atoms with E-state index >= 15 is 0 Å². The normalized spacial score (nSPS) is 15.0. The van der Waals surface area contributed by atoms with Gasteiger partial charge in [0, 0.05) is 56.1 Å². The molecule has 1 saturated heterocycles. The van der Waals surface area contributed by atoms with Gasteiger partial charge in [-0.2, -0.15) is 0 Å². The van der Waals surface area contributed by atoms with Gasteiger partial charge in [-0.3, -0.25) is 9.20 Å². The van der Waals surface area contributed by atoms with Crippen LogP contribution in [0.1, 0.15) is 27.7 Å². The Morgan fingerprint density at radius 2 is 1.69 bits per heavy atom. The minimum atomic E-state index is -0.0725. The minimum Gasteiger partial charge on any atom is -0.368 e. The van der Waals surface area contributed by atoms with Gasteiger partial charge in [0.05, 0.1) is 0 Å². The van der Waals surface area contributed by atoms with E-state index in [0.717, 1.165) is 48.9 Å². The van der Waals surface area contributed by atoms with E-state index in [-0.39, 0.29) is 11.4 Å². The number of benzene rings is 1. The summed E-state index contributed by atoms with van der Waals surface area (Å²) in [4.78, 5) is 20.7. The third kappa shape index (κ3) is 4.06. The highest BCUT2D eigenvalue weighted by Crippen LogP contribution is 2.32. The predicted octanol–water partition coefficient (Wildman–Crippen LogP) is 3.88. The van der Waals surface area contributed by atoms with Gasteiger partial charge < -0.3 is 15.1 Å². The fourth-order valence-electron chi connectivity index (χ4n) is 3.78. The summed E-state index contributed by atoms with van der Waals surface area (Å²) >= 11 is 0. The number of pyridine rings is 1. The minimum absolute atomic E-state index is 0.0725. The number of aromatic nitrogens is 2. The zero-order valence-corrected chi connectivity index (χ0v) is 17.6. The number of imidazole rings is 1. The van der Waals surface area contributed by atoms with E-state index in [1.54, 1.807) is 6.92 Å². The first-order chi connectivity index (χ1) is 13.8. The third-order valence-electron chi connectivity index (χ3n) is 5.25. The summed E-state index contributed by atoms with van der Waals surface area (Å²) < 4.78 is 2.11. The molecule has 4 rings (SSSR count). The van der Waals surface area contributed by atoms with Crippen LogP contribution in [-0.4, -0.2) is 51.9 Å². The average Bonchev–Trinajstić information content (AvgIpc) is 3.05. The molecule has 0 unspecified atom stereocenters. The molecule has 2 aromatic heterocycles. The van der Waals surface area contributed by atoms with Gasteiger partial charge >= 0.3 is 0 Å². The summed E-state index contributed by atoms with van der Waals surface area (Å²) in [5.74, 6) is 1.17. The first-order valence-electron chi connectivity index (χ1n) is 10.2. The first kappa shape index (κ1) is 19.3. The molecule has 1 aliphatic heterocycles. The van der Waals surface area contributed by atoms with Crippen LogP contribution in [0.3, 0.4) is 0 Å². The van der Waals surface area contributed by atoms with Crippen LogP contribution in [-0.2, 0) is 4.79 Å². The van der Waals surface area contributed by atoms with Gasteiger partial charge in [-0.05, 0) is 45.0 Å². The van der Waals surface area contributed by atoms with Crippen molar-refractivity contribution in [3.8, 4) is 11.3 Å². The SMILES string of the molecule is CC(=O)N1CCN(c2ccc(-c3nc4ccccn4c3NC(C)(C)C)cc2)CC1. The molecule has 6 heteroatoms. The second-order valence-electron chi connectivity index (χ2n) is 8.65. The van der Waals surface area contributed by atoms with E-state index in [4.69, 9.17) is 4.98 Å². The van der Waals surface area contributed by atoms with Gasteiger partial charge in [0.15, 0.2) is 0 Å². The Morgan fingerprint density at radius 3 is 2.31 bits per heavy atom. The smallest absolute Gasteiger partial charge is 0.219 e. The molecule has 1 aromatic carbocycles. The number of nitrogens with zero attached hydrogens (tertiary/aromatic N) is 4. The van der Waals surface area contributed by atoms with Crippen molar-refractivity contribution in [2.75, 3.05) is 36.4 Å². The highest BCUT2D eigenvalue weighted by Gasteiger charge is 2.21. The predicted molar refractivity (Wildman–Crippen MR) is 118 cm³/mol. The van der Waals surface area contributed by atoms with E-state index < -0.39 is 0 Å². The van der Waals surface area contributed by atoms with Crippen LogP contribution in [0, 0.1) is 0 Å². The zero-order chi connectivity index (χ0) is 20.6. The highest BCUT2D eigenvalue weighted by molar-refractivity contribution is 5.78. The number of nitrogens with one attached hydrogen (secondary N) is 1. The van der Waals surface area contributed by atoms with Gasteiger partial charge in [0.1, 0.15) is 17.2 Å². The lowest BCUT2D eigenvalue weighted by molar-refractivity contribution is -0.129. The Kier molecular flexibility index (Phi) is 4.94. The maximum Gasteiger partial charge on any atom is 0.219 e. The number of anilines is 2. The van der Waals surface area contributed by atoms with Crippen molar-refractivity contribution in [1.82, 2.24) is 14.3 Å². The van der Waals surface area contributed by atoms with Crippen LogP contribution in [0.2, 0.25) is 0 Å². The Hall–Kier alpha value is -3.02. The maximum atomic E-state index is 11.5. The molecule has 3 heterocycles. The quantitative estimate of drug-likeness (QED) is 0.736. The molecule has 0 spiro atoms. The molecule has 0 aliphatic carbocycles. The lowest BCUT2D eigenvalue weighted by Gasteiger charge is -2.35. The van der Waals surface area contributed by atoms with Crippen molar-refractivity contribution in [3.05, 3.63) is 48.7 Å². The number of carbonyl (C=O) groups excluding carboxylic acids is 1. The number of rotatable bonds is 3. The van der Waals surface area contributed by atoms with Crippen LogP contribution in [0.25, 0.3) is 16.9 Å². The van der Waals surface area contributed by atoms with Crippen LogP contribution >= 0.6 is 0 Å². The number of carbonyl (C=O) groups is 1. The summed E-state index contributed by atoms with van der Waals surface area (Å²) in [5, 5.41) is 3.62. The topological polar surface area (TPSA) is 52.9 Å². The van der Waals surface area contributed by atoms with Crippen molar-refractivity contribution >= 4 is 23.1 Å². The van der Waals surface area contributed by atoms with E-state index in [0.29, 0.717) is 0 Å². The van der Waals surface area contributed by atoms with Crippen molar-refractivity contribution in [2.45, 2.75) is 33.2 Å². The molecule has 1 fully saturated rings. The molecule has 152 valence electrons. The van der Waals surface area contributed by atoms with Gasteiger partial charge in [0.2, 0.25) is 5.91 Å². The summed E-state index contributed by atoms with van der Waals surface area (Å²) in [7, 11) is 0. The number of hydrogen-bond donors (Lipinski definition) is 1. The fourth-order valence-corrected chi connectivity index (χ4v) is 3.78. The largest absolute Gasteiger partial charge is 0.368 e. The Balaban J connectivity index is 1.62. The standard InChI is InChI=1S/C23H29N5O/c1-17(29)26-13-15-27(16-14-26)19-10-8-18(9-11-19)21-22(25-23(2,3)4)28-12-6-5-7-20(28)24-21/h5-12,25H,13-16H2,1-4H3. The summed E-state index contributed by atoms with van der Waals surface area (Å²) in [6.45, 7) is 11.4. The van der Waals surface area contributed by atoms with Crippen molar-refractivity contribution in [2.24, 2.45) is 0 Å². The molecular weight excluding hydrogens is 362 g/mol. The van der Waals surface area contributed by atoms with E-state index in [1.807, 2.05) is 29.3 Å². The fraction of sp³-hybridized carbons (Fsp3) is 0.391. The Morgan fingerprint density at radius 1 is 1.00 bits per heavy atom. The maximum absolute atomic E-state index is 11.5. The highest BCUT2D eigenvalue weighted by atomic mass is 16.2. The van der Waals surface area contributed by atoms with Crippen molar-refractivity contribution < 1.29 is 4.79 Å². The number of fused-ring (bicyclic) bond motifs is 1. The van der Waals surface area contributed by atoms with Gasteiger partial charge in [-0.15, -0.1) is 0 Å². The van der Waals surface area contributed by atoms with Crippen LogP contribution in [0.4, 0.5) is 11.5 Å². The molecule has 0 radical (unpaired) electrons. The molecular formula is C23H29N5O. The zero-order valence-electron chi connectivity index (χ0n) is 17.6. The number of amides is 1. The van der Waals surface area contributed by atoms with E-state index in [2.05, 4.69) is 59.7 Å². The summed E-state index contributed by atoms with van der Waals surface area (Å²) in [6, 6.07) is 14.7. The number of piperazine rings is 1. The third-order valence-corrected chi connectivity index (χ3v) is 5.25. The van der Waals surface area contributed by atoms with Gasteiger partial charge in [-0.1, -0.05) is 18.2 Å². The molecule has 0 saturated carbocycles. The van der Waals surface area contributed by atoms with Gasteiger partial charge in [-0.25, -0.2) is 4.98 Å². The van der Waals surface area contributed by atoms with E-state index in [9.17, 15) is 4.79 Å². The number of hydrogen-bond acceptors (Lipinski definition) is 4. The lowest BCUT2D eigenvalue weighted by Crippen LogP contribution is -2.48. The molecule has 1 N–H and O–H groups in total. The molecule has 1 aliphatic rings. The summed E-state index contributed by atoms with van der Waals surface area (Å²) in [5.41, 5.74) is 4.09. The Bertz CT molecular complexity index is 1010. The van der Waals surface area contributed by atoms with Gasteiger partial charge in [0.25, 0.3) is 0 Å². The first-order valence-corrected chi connectivity index (χ1v) is 10.2. The van der Waals surface area contributed by atoms with E-state index in [1.165, 1.54) is 5.69 Å². The molecule has 3 aromatic rings. The molecule has 6 nitrogen and oxygen atoms in total. The average molecular weight is 392 g/mol. The van der Waals surface area contributed by atoms with Crippen molar-refractivity contribution in [1.29, 1.82) is 0 Å². The molecule has 29 heavy (non-hydrogen) atoms. The Labute approximate surface area is 172 Å². The summed E-state index contributed by atoms with van der Waals surface area (Å²) in [6.07, 6.45) is 2.04. The van der Waals surface area contributed by atoms with Crippen LogP contribution < -0.4 is 10.2 Å². The lowest BCUT2D eigenvalue weighted by atomic mass is 10.1.